The lowest BCUT2D eigenvalue weighted by molar-refractivity contribution is -0.126. The lowest BCUT2D eigenvalue weighted by Gasteiger charge is -2.17. The SMILES string of the molecule is C[C@H](O/N=C/c1ccccc1O)C(=O)Nc1ccccc1C(=O)N[C@@H](C)Cc1ccccc1. The third kappa shape index (κ3) is 6.93. The molecule has 0 unspecified atom stereocenters. The van der Waals surface area contributed by atoms with Gasteiger partial charge in [-0.15, -0.1) is 0 Å². The number of hydrogen-bond donors (Lipinski definition) is 3. The van der Waals surface area contributed by atoms with Gasteiger partial charge in [0.2, 0.25) is 6.10 Å². The molecule has 0 radical (unpaired) electrons. The number of phenolic OH excluding ortho intramolecular Hbond substituents is 1. The van der Waals surface area contributed by atoms with Crippen LogP contribution in [0.5, 0.6) is 5.75 Å². The Morgan fingerprint density at radius 2 is 1.64 bits per heavy atom. The largest absolute Gasteiger partial charge is 0.507 e. The number of benzene rings is 3. The molecule has 0 spiro atoms. The Bertz CT molecular complexity index is 1120. The summed E-state index contributed by atoms with van der Waals surface area (Å²) in [5, 5.41) is 19.2. The van der Waals surface area contributed by atoms with Crippen molar-refractivity contribution in [3.8, 4) is 5.75 Å². The molecule has 0 bridgehead atoms. The summed E-state index contributed by atoms with van der Waals surface area (Å²) < 4.78 is 0. The Morgan fingerprint density at radius 1 is 0.970 bits per heavy atom. The molecule has 0 aromatic heterocycles. The van der Waals surface area contributed by atoms with Crippen molar-refractivity contribution in [1.82, 2.24) is 5.32 Å². The summed E-state index contributed by atoms with van der Waals surface area (Å²) in [4.78, 5) is 30.6. The van der Waals surface area contributed by atoms with E-state index in [-0.39, 0.29) is 17.7 Å². The molecule has 0 aliphatic heterocycles. The molecule has 0 aliphatic carbocycles. The fraction of sp³-hybridized carbons (Fsp3) is 0.192. The van der Waals surface area contributed by atoms with Crippen LogP contribution >= 0.6 is 0 Å². The molecule has 2 atom stereocenters. The second kappa shape index (κ2) is 11.5. The van der Waals surface area contributed by atoms with E-state index in [0.717, 1.165) is 5.56 Å². The number of phenols is 1. The molecule has 3 N–H and O–H groups in total. The minimum Gasteiger partial charge on any atom is -0.507 e. The molecule has 3 rings (SSSR count). The van der Waals surface area contributed by atoms with Gasteiger partial charge in [0.15, 0.2) is 0 Å². The molecule has 0 heterocycles. The van der Waals surface area contributed by atoms with Gasteiger partial charge >= 0.3 is 0 Å². The number of carbonyl (C=O) groups excluding carboxylic acids is 2. The van der Waals surface area contributed by atoms with E-state index in [1.54, 1.807) is 49.4 Å². The van der Waals surface area contributed by atoms with E-state index < -0.39 is 12.0 Å². The summed E-state index contributed by atoms with van der Waals surface area (Å²) in [6.07, 6.45) is 1.11. The third-order valence-electron chi connectivity index (χ3n) is 4.91. The van der Waals surface area contributed by atoms with Gasteiger partial charge in [-0.2, -0.15) is 0 Å². The number of anilines is 1. The highest BCUT2D eigenvalue weighted by molar-refractivity contribution is 6.04. The van der Waals surface area contributed by atoms with Crippen LogP contribution in [0.25, 0.3) is 0 Å². The van der Waals surface area contributed by atoms with Crippen molar-refractivity contribution in [2.75, 3.05) is 5.32 Å². The molecule has 0 aliphatic rings. The van der Waals surface area contributed by atoms with Crippen LogP contribution in [0.4, 0.5) is 5.69 Å². The number of oxime groups is 1. The lowest BCUT2D eigenvalue weighted by Crippen LogP contribution is -2.35. The van der Waals surface area contributed by atoms with Crippen LogP contribution in [0.3, 0.4) is 0 Å². The van der Waals surface area contributed by atoms with E-state index in [1.165, 1.54) is 12.3 Å². The minimum atomic E-state index is -0.916. The number of nitrogens with one attached hydrogen (secondary N) is 2. The maximum atomic E-state index is 12.8. The molecule has 2 amide bonds. The van der Waals surface area contributed by atoms with Gasteiger partial charge in [-0.25, -0.2) is 0 Å². The van der Waals surface area contributed by atoms with Crippen LogP contribution in [0, 0.1) is 0 Å². The van der Waals surface area contributed by atoms with Crippen LogP contribution in [0.1, 0.15) is 35.3 Å². The van der Waals surface area contributed by atoms with E-state index >= 15 is 0 Å². The van der Waals surface area contributed by atoms with E-state index in [1.807, 2.05) is 37.3 Å². The van der Waals surface area contributed by atoms with E-state index in [9.17, 15) is 14.7 Å². The fourth-order valence-corrected chi connectivity index (χ4v) is 3.17. The number of amides is 2. The molecule has 3 aromatic carbocycles. The van der Waals surface area contributed by atoms with Crippen molar-refractivity contribution >= 4 is 23.7 Å². The van der Waals surface area contributed by atoms with Gasteiger partial charge in [-0.3, -0.25) is 9.59 Å². The predicted octanol–water partition coefficient (Wildman–Crippen LogP) is 4.13. The van der Waals surface area contributed by atoms with E-state index in [4.69, 9.17) is 4.84 Å². The van der Waals surface area contributed by atoms with Crippen molar-refractivity contribution in [2.24, 2.45) is 5.16 Å². The first kappa shape index (κ1) is 23.5. The van der Waals surface area contributed by atoms with Crippen LogP contribution in [0.15, 0.2) is 84.0 Å². The molecule has 7 heteroatoms. The Morgan fingerprint density at radius 3 is 2.39 bits per heavy atom. The Hall–Kier alpha value is -4.13. The molecule has 33 heavy (non-hydrogen) atoms. The summed E-state index contributed by atoms with van der Waals surface area (Å²) in [6.45, 7) is 3.48. The highest BCUT2D eigenvalue weighted by Crippen LogP contribution is 2.17. The van der Waals surface area contributed by atoms with Gasteiger partial charge < -0.3 is 20.6 Å². The lowest BCUT2D eigenvalue weighted by atomic mass is 10.1. The Kier molecular flexibility index (Phi) is 8.18. The third-order valence-corrected chi connectivity index (χ3v) is 4.91. The molecule has 0 saturated heterocycles. The quantitative estimate of drug-likeness (QED) is 0.341. The van der Waals surface area contributed by atoms with E-state index in [0.29, 0.717) is 23.2 Å². The van der Waals surface area contributed by atoms with Crippen molar-refractivity contribution in [1.29, 1.82) is 0 Å². The van der Waals surface area contributed by atoms with Gasteiger partial charge in [0.25, 0.3) is 11.8 Å². The predicted molar refractivity (Wildman–Crippen MR) is 128 cm³/mol. The van der Waals surface area contributed by atoms with E-state index in [2.05, 4.69) is 15.8 Å². The van der Waals surface area contributed by atoms with Crippen LogP contribution in [-0.2, 0) is 16.1 Å². The zero-order valence-corrected chi connectivity index (χ0v) is 18.6. The van der Waals surface area contributed by atoms with Gasteiger partial charge in [0.1, 0.15) is 5.75 Å². The van der Waals surface area contributed by atoms with Crippen molar-refractivity contribution < 1.29 is 19.5 Å². The molecule has 0 saturated carbocycles. The smallest absolute Gasteiger partial charge is 0.268 e. The van der Waals surface area contributed by atoms with Crippen molar-refractivity contribution in [3.63, 3.8) is 0 Å². The molecular weight excluding hydrogens is 418 g/mol. The standard InChI is InChI=1S/C26H27N3O4/c1-18(16-20-10-4-3-5-11-20)28-26(32)22-13-7-8-14-23(22)29-25(31)19(2)33-27-17-21-12-6-9-15-24(21)30/h3-15,17-19,30H,16H2,1-2H3,(H,28,32)(H,29,31)/b27-17+/t18-,19-/m0/s1. The summed E-state index contributed by atoms with van der Waals surface area (Å²) in [7, 11) is 0. The summed E-state index contributed by atoms with van der Waals surface area (Å²) >= 11 is 0. The summed E-state index contributed by atoms with van der Waals surface area (Å²) in [5.41, 5.74) is 2.33. The zero-order chi connectivity index (χ0) is 23.6. The maximum absolute atomic E-state index is 12.8. The normalized spacial score (nSPS) is 12.7. The second-order valence-corrected chi connectivity index (χ2v) is 7.64. The summed E-state index contributed by atoms with van der Waals surface area (Å²) in [5.74, 6) is -0.675. The number of carbonyl (C=O) groups is 2. The average Bonchev–Trinajstić information content (AvgIpc) is 2.81. The van der Waals surface area contributed by atoms with Gasteiger partial charge in [0.05, 0.1) is 17.5 Å². The highest BCUT2D eigenvalue weighted by Gasteiger charge is 2.19. The first-order chi connectivity index (χ1) is 15.9. The van der Waals surface area contributed by atoms with Crippen LogP contribution < -0.4 is 10.6 Å². The van der Waals surface area contributed by atoms with Gasteiger partial charge in [-0.05, 0) is 50.1 Å². The number of hydrogen-bond acceptors (Lipinski definition) is 5. The summed E-state index contributed by atoms with van der Waals surface area (Å²) in [6, 6.07) is 23.2. The Labute approximate surface area is 193 Å². The molecule has 170 valence electrons. The molecule has 7 nitrogen and oxygen atoms in total. The van der Waals surface area contributed by atoms with Gasteiger partial charge in [-0.1, -0.05) is 59.8 Å². The molecule has 3 aromatic rings. The highest BCUT2D eigenvalue weighted by atomic mass is 16.6. The zero-order valence-electron chi connectivity index (χ0n) is 18.6. The number of nitrogens with zero attached hydrogens (tertiary/aromatic N) is 1. The van der Waals surface area contributed by atoms with Crippen LogP contribution in [0.2, 0.25) is 0 Å². The Balaban J connectivity index is 1.59. The molecular formula is C26H27N3O4. The topological polar surface area (TPSA) is 100 Å². The fourth-order valence-electron chi connectivity index (χ4n) is 3.17. The number of para-hydroxylation sites is 2. The average molecular weight is 446 g/mol. The van der Waals surface area contributed by atoms with Crippen LogP contribution in [-0.4, -0.2) is 35.3 Å². The molecule has 0 fully saturated rings. The second-order valence-electron chi connectivity index (χ2n) is 7.64. The van der Waals surface area contributed by atoms with Crippen molar-refractivity contribution in [3.05, 3.63) is 95.6 Å². The number of aromatic hydroxyl groups is 1. The first-order valence-corrected chi connectivity index (χ1v) is 10.7. The van der Waals surface area contributed by atoms with Crippen molar-refractivity contribution in [2.45, 2.75) is 32.4 Å². The first-order valence-electron chi connectivity index (χ1n) is 10.7. The van der Waals surface area contributed by atoms with Gasteiger partial charge in [0, 0.05) is 11.6 Å². The maximum Gasteiger partial charge on any atom is 0.268 e. The minimum absolute atomic E-state index is 0.0587. The number of rotatable bonds is 9. The monoisotopic (exact) mass is 445 g/mol.